The van der Waals surface area contributed by atoms with Gasteiger partial charge >= 0.3 is 6.03 Å². The van der Waals surface area contributed by atoms with E-state index >= 15 is 0 Å². The minimum absolute atomic E-state index is 0. The van der Waals surface area contributed by atoms with Crippen molar-refractivity contribution in [1.29, 1.82) is 0 Å². The smallest absolute Gasteiger partial charge is 0.312 e. The number of piperidine rings is 1. The van der Waals surface area contributed by atoms with Gasteiger partial charge in [-0.15, -0.1) is 12.4 Å². The number of carbonyl (C=O) groups excluding carboxylic acids is 2. The number of para-hydroxylation sites is 1. The Morgan fingerprint density at radius 1 is 1.17 bits per heavy atom. The lowest BCUT2D eigenvalue weighted by Gasteiger charge is -2.30. The SMILES string of the molecule is CC1CNCCC1NC(=O)CC(NC(N)=O)c1cccc(Oc2ccccc2)c1.Cl. The molecular formula is C22H29ClN4O3. The number of benzene rings is 2. The van der Waals surface area contributed by atoms with E-state index in [4.69, 9.17) is 10.5 Å². The summed E-state index contributed by atoms with van der Waals surface area (Å²) in [6, 6.07) is 15.7. The highest BCUT2D eigenvalue weighted by Gasteiger charge is 2.25. The Labute approximate surface area is 183 Å². The minimum atomic E-state index is -0.674. The van der Waals surface area contributed by atoms with E-state index in [1.54, 1.807) is 0 Å². The van der Waals surface area contributed by atoms with Gasteiger partial charge in [0.2, 0.25) is 5.91 Å². The Hall–Kier alpha value is -2.77. The van der Waals surface area contributed by atoms with Gasteiger partial charge in [-0.3, -0.25) is 4.79 Å². The highest BCUT2D eigenvalue weighted by molar-refractivity contribution is 5.85. The summed E-state index contributed by atoms with van der Waals surface area (Å²) >= 11 is 0. The molecule has 1 heterocycles. The topological polar surface area (TPSA) is 105 Å². The number of nitrogens with one attached hydrogen (secondary N) is 3. The van der Waals surface area contributed by atoms with Gasteiger partial charge in [0.05, 0.1) is 12.5 Å². The van der Waals surface area contributed by atoms with Crippen molar-refractivity contribution in [3.05, 3.63) is 60.2 Å². The molecule has 5 N–H and O–H groups in total. The van der Waals surface area contributed by atoms with Gasteiger partial charge in [-0.2, -0.15) is 0 Å². The highest BCUT2D eigenvalue weighted by atomic mass is 35.5. The van der Waals surface area contributed by atoms with Gasteiger partial charge in [0, 0.05) is 6.04 Å². The molecule has 2 aromatic rings. The Bertz CT molecular complexity index is 834. The van der Waals surface area contributed by atoms with E-state index in [9.17, 15) is 9.59 Å². The summed E-state index contributed by atoms with van der Waals surface area (Å²) in [6.07, 6.45) is 0.996. The Morgan fingerprint density at radius 3 is 2.60 bits per heavy atom. The zero-order valence-corrected chi connectivity index (χ0v) is 17.8. The maximum absolute atomic E-state index is 12.6. The molecule has 3 amide bonds. The number of hydrogen-bond acceptors (Lipinski definition) is 4. The third kappa shape index (κ3) is 6.93. The summed E-state index contributed by atoms with van der Waals surface area (Å²) in [7, 11) is 0. The van der Waals surface area contributed by atoms with Gasteiger partial charge in [-0.05, 0) is 55.3 Å². The maximum atomic E-state index is 12.6. The van der Waals surface area contributed by atoms with E-state index in [0.717, 1.165) is 25.1 Å². The molecule has 0 aliphatic carbocycles. The van der Waals surface area contributed by atoms with Crippen LogP contribution in [-0.2, 0) is 4.79 Å². The minimum Gasteiger partial charge on any atom is -0.457 e. The molecule has 1 aliphatic rings. The predicted octanol–water partition coefficient (Wildman–Crippen LogP) is 3.11. The first-order valence-corrected chi connectivity index (χ1v) is 9.90. The van der Waals surface area contributed by atoms with Crippen molar-refractivity contribution >= 4 is 24.3 Å². The molecule has 3 rings (SSSR count). The Kier molecular flexibility index (Phi) is 8.95. The van der Waals surface area contributed by atoms with Crippen LogP contribution in [-0.4, -0.2) is 31.1 Å². The van der Waals surface area contributed by atoms with Crippen LogP contribution in [0.15, 0.2) is 54.6 Å². The Balaban J connectivity index is 0.00000320. The van der Waals surface area contributed by atoms with Crippen LogP contribution < -0.4 is 26.4 Å². The number of halogens is 1. The summed E-state index contributed by atoms with van der Waals surface area (Å²) in [4.78, 5) is 24.2. The summed E-state index contributed by atoms with van der Waals surface area (Å²) in [5.41, 5.74) is 6.11. The zero-order valence-electron chi connectivity index (χ0n) is 17.0. The molecule has 0 saturated carbocycles. The fourth-order valence-electron chi connectivity index (χ4n) is 3.52. The number of urea groups is 1. The maximum Gasteiger partial charge on any atom is 0.312 e. The van der Waals surface area contributed by atoms with Crippen LogP contribution in [0.4, 0.5) is 4.79 Å². The van der Waals surface area contributed by atoms with Crippen LogP contribution in [0.25, 0.3) is 0 Å². The van der Waals surface area contributed by atoms with Crippen LogP contribution >= 0.6 is 12.4 Å². The molecule has 0 aromatic heterocycles. The van der Waals surface area contributed by atoms with Crippen LogP contribution in [0.5, 0.6) is 11.5 Å². The molecular weight excluding hydrogens is 404 g/mol. The summed E-state index contributed by atoms with van der Waals surface area (Å²) < 4.78 is 5.86. The standard InChI is InChI=1S/C22H28N4O3.ClH/c1-15-14-24-11-10-19(15)25-21(27)13-20(26-22(23)28)16-6-5-9-18(12-16)29-17-7-3-2-4-8-17;/h2-9,12,15,19-20,24H,10-11,13-14H2,1H3,(H,25,27)(H3,23,26,28);1H. The van der Waals surface area contributed by atoms with Crippen LogP contribution in [0.3, 0.4) is 0 Å². The van der Waals surface area contributed by atoms with Crippen molar-refractivity contribution in [2.45, 2.75) is 31.8 Å². The van der Waals surface area contributed by atoms with Crippen molar-refractivity contribution in [2.24, 2.45) is 11.7 Å². The second-order valence-electron chi connectivity index (χ2n) is 7.40. The number of primary amides is 1. The molecule has 3 unspecified atom stereocenters. The highest BCUT2D eigenvalue weighted by Crippen LogP contribution is 2.26. The van der Waals surface area contributed by atoms with E-state index < -0.39 is 12.1 Å². The molecule has 0 bridgehead atoms. The molecule has 0 radical (unpaired) electrons. The Morgan fingerprint density at radius 2 is 1.90 bits per heavy atom. The summed E-state index contributed by atoms with van der Waals surface area (Å²) in [5.74, 6) is 1.58. The number of rotatable bonds is 7. The number of hydrogen-bond donors (Lipinski definition) is 4. The van der Waals surface area contributed by atoms with Crippen molar-refractivity contribution in [3.8, 4) is 11.5 Å². The van der Waals surface area contributed by atoms with Gasteiger partial charge in [0.25, 0.3) is 0 Å². The third-order valence-corrected chi connectivity index (χ3v) is 5.08. The molecule has 8 heteroatoms. The van der Waals surface area contributed by atoms with Gasteiger partial charge < -0.3 is 26.4 Å². The van der Waals surface area contributed by atoms with Gasteiger partial charge in [0.15, 0.2) is 0 Å². The van der Waals surface area contributed by atoms with Crippen LogP contribution in [0.2, 0.25) is 0 Å². The molecule has 1 saturated heterocycles. The largest absolute Gasteiger partial charge is 0.457 e. The van der Waals surface area contributed by atoms with Gasteiger partial charge in [0.1, 0.15) is 11.5 Å². The van der Waals surface area contributed by atoms with E-state index in [1.165, 1.54) is 0 Å². The third-order valence-electron chi connectivity index (χ3n) is 5.08. The normalized spacial score (nSPS) is 19.1. The number of carbonyl (C=O) groups is 2. The van der Waals surface area contributed by atoms with E-state index in [0.29, 0.717) is 17.4 Å². The van der Waals surface area contributed by atoms with E-state index in [1.807, 2.05) is 54.6 Å². The predicted molar refractivity (Wildman–Crippen MR) is 119 cm³/mol. The molecule has 162 valence electrons. The number of ether oxygens (including phenoxy) is 1. The second-order valence-corrected chi connectivity index (χ2v) is 7.40. The molecule has 1 aliphatic heterocycles. The summed E-state index contributed by atoms with van der Waals surface area (Å²) in [5, 5.41) is 9.09. The van der Waals surface area contributed by atoms with Crippen molar-refractivity contribution in [1.82, 2.24) is 16.0 Å². The van der Waals surface area contributed by atoms with E-state index in [-0.39, 0.29) is 30.8 Å². The summed E-state index contributed by atoms with van der Waals surface area (Å²) in [6.45, 7) is 3.88. The molecule has 7 nitrogen and oxygen atoms in total. The van der Waals surface area contributed by atoms with Crippen LogP contribution in [0, 0.1) is 5.92 Å². The average Bonchev–Trinajstić information content (AvgIpc) is 2.70. The number of nitrogens with two attached hydrogens (primary N) is 1. The monoisotopic (exact) mass is 432 g/mol. The van der Waals surface area contributed by atoms with Crippen LogP contribution in [0.1, 0.15) is 31.4 Å². The lowest BCUT2D eigenvalue weighted by atomic mass is 9.94. The lowest BCUT2D eigenvalue weighted by molar-refractivity contribution is -0.122. The zero-order chi connectivity index (χ0) is 20.6. The lowest BCUT2D eigenvalue weighted by Crippen LogP contribution is -2.49. The van der Waals surface area contributed by atoms with Crippen molar-refractivity contribution in [2.75, 3.05) is 13.1 Å². The fraction of sp³-hybridized carbons (Fsp3) is 0.364. The molecule has 30 heavy (non-hydrogen) atoms. The second kappa shape index (κ2) is 11.4. The first-order chi connectivity index (χ1) is 14.0. The molecule has 3 atom stereocenters. The average molecular weight is 433 g/mol. The van der Waals surface area contributed by atoms with Gasteiger partial charge in [-0.25, -0.2) is 4.79 Å². The molecule has 1 fully saturated rings. The molecule has 2 aromatic carbocycles. The van der Waals surface area contributed by atoms with Crippen molar-refractivity contribution in [3.63, 3.8) is 0 Å². The van der Waals surface area contributed by atoms with Gasteiger partial charge in [-0.1, -0.05) is 37.3 Å². The number of amides is 3. The first kappa shape index (κ1) is 23.5. The molecule has 0 spiro atoms. The quantitative estimate of drug-likeness (QED) is 0.539. The van der Waals surface area contributed by atoms with E-state index in [2.05, 4.69) is 22.9 Å². The van der Waals surface area contributed by atoms with Crippen molar-refractivity contribution < 1.29 is 14.3 Å². The first-order valence-electron chi connectivity index (χ1n) is 9.90. The fourth-order valence-corrected chi connectivity index (χ4v) is 3.52.